The number of ether oxygens (including phenoxy) is 1. The highest BCUT2D eigenvalue weighted by molar-refractivity contribution is 5.95. The van der Waals surface area contributed by atoms with E-state index < -0.39 is 5.97 Å². The Labute approximate surface area is 111 Å². The summed E-state index contributed by atoms with van der Waals surface area (Å²) >= 11 is 0. The van der Waals surface area contributed by atoms with Gasteiger partial charge in [-0.3, -0.25) is 0 Å². The maximum atomic E-state index is 11.5. The summed E-state index contributed by atoms with van der Waals surface area (Å²) in [5, 5.41) is 17.6. The first-order chi connectivity index (χ1) is 9.06. The van der Waals surface area contributed by atoms with E-state index in [2.05, 4.69) is 10.2 Å². The van der Waals surface area contributed by atoms with Gasteiger partial charge in [-0.1, -0.05) is 0 Å². The summed E-state index contributed by atoms with van der Waals surface area (Å²) in [6, 6.07) is 0. The third kappa shape index (κ3) is 2.06. The van der Waals surface area contributed by atoms with Gasteiger partial charge in [0.1, 0.15) is 5.56 Å². The standard InChI is InChI=1S/C13H17N3O3/c1-7-8(2)14-15-12(11(7)13(17)18)16-5-9-3-4-10(6-16)19-9/h9-10H,3-6H2,1-2H3,(H,17,18). The Hall–Kier alpha value is -1.69. The zero-order valence-corrected chi connectivity index (χ0v) is 11.1. The van der Waals surface area contributed by atoms with Crippen molar-refractivity contribution in [3.63, 3.8) is 0 Å². The van der Waals surface area contributed by atoms with Gasteiger partial charge in [0.05, 0.1) is 17.9 Å². The van der Waals surface area contributed by atoms with E-state index in [-0.39, 0.29) is 17.8 Å². The summed E-state index contributed by atoms with van der Waals surface area (Å²) < 4.78 is 5.77. The minimum absolute atomic E-state index is 0.198. The molecule has 2 aliphatic heterocycles. The molecule has 2 unspecified atom stereocenters. The summed E-state index contributed by atoms with van der Waals surface area (Å²) in [6.07, 6.45) is 2.48. The fourth-order valence-corrected chi connectivity index (χ4v) is 2.86. The van der Waals surface area contributed by atoms with Crippen molar-refractivity contribution in [1.29, 1.82) is 0 Å². The van der Waals surface area contributed by atoms with Crippen LogP contribution in [-0.2, 0) is 4.74 Å². The van der Waals surface area contributed by atoms with Gasteiger partial charge in [-0.05, 0) is 32.3 Å². The van der Waals surface area contributed by atoms with E-state index in [4.69, 9.17) is 4.74 Å². The smallest absolute Gasteiger partial charge is 0.339 e. The van der Waals surface area contributed by atoms with E-state index >= 15 is 0 Å². The first kappa shape index (κ1) is 12.3. The largest absolute Gasteiger partial charge is 0.478 e. The molecule has 0 radical (unpaired) electrons. The lowest BCUT2D eigenvalue weighted by Gasteiger charge is -2.33. The zero-order valence-electron chi connectivity index (χ0n) is 11.1. The number of aryl methyl sites for hydroxylation is 1. The number of morpholine rings is 1. The molecule has 0 saturated carbocycles. The highest BCUT2D eigenvalue weighted by Crippen LogP contribution is 2.31. The van der Waals surface area contributed by atoms with E-state index in [1.165, 1.54) is 0 Å². The van der Waals surface area contributed by atoms with Crippen LogP contribution in [0.2, 0.25) is 0 Å². The minimum Gasteiger partial charge on any atom is -0.478 e. The van der Waals surface area contributed by atoms with E-state index in [0.29, 0.717) is 30.2 Å². The lowest BCUT2D eigenvalue weighted by atomic mass is 10.1. The van der Waals surface area contributed by atoms with Crippen LogP contribution in [0.5, 0.6) is 0 Å². The third-order valence-corrected chi connectivity index (χ3v) is 3.99. The average molecular weight is 263 g/mol. The summed E-state index contributed by atoms with van der Waals surface area (Å²) in [6.45, 7) is 4.97. The Kier molecular flexibility index (Phi) is 2.89. The molecule has 19 heavy (non-hydrogen) atoms. The van der Waals surface area contributed by atoms with Crippen LogP contribution >= 0.6 is 0 Å². The number of aromatic carboxylic acids is 1. The van der Waals surface area contributed by atoms with Crippen LogP contribution in [0.4, 0.5) is 5.82 Å². The van der Waals surface area contributed by atoms with Crippen molar-refractivity contribution in [2.75, 3.05) is 18.0 Å². The molecule has 2 saturated heterocycles. The normalized spacial score (nSPS) is 25.7. The topological polar surface area (TPSA) is 75.5 Å². The molecule has 6 nitrogen and oxygen atoms in total. The fourth-order valence-electron chi connectivity index (χ4n) is 2.86. The predicted molar refractivity (Wildman–Crippen MR) is 68.6 cm³/mol. The second kappa shape index (κ2) is 4.45. The number of carboxylic acids is 1. The van der Waals surface area contributed by atoms with Crippen LogP contribution in [0.3, 0.4) is 0 Å². The van der Waals surface area contributed by atoms with Gasteiger partial charge in [-0.2, -0.15) is 5.10 Å². The van der Waals surface area contributed by atoms with Crippen molar-refractivity contribution in [1.82, 2.24) is 10.2 Å². The van der Waals surface area contributed by atoms with Crippen LogP contribution in [-0.4, -0.2) is 46.6 Å². The molecule has 0 aromatic carbocycles. The number of hydrogen-bond donors (Lipinski definition) is 1. The van der Waals surface area contributed by atoms with Crippen LogP contribution in [0.1, 0.15) is 34.5 Å². The van der Waals surface area contributed by atoms with Crippen molar-refractivity contribution >= 4 is 11.8 Å². The van der Waals surface area contributed by atoms with Crippen molar-refractivity contribution in [2.45, 2.75) is 38.9 Å². The Balaban J connectivity index is 2.00. The molecule has 3 rings (SSSR count). The van der Waals surface area contributed by atoms with Gasteiger partial charge in [0.2, 0.25) is 0 Å². The number of hydrogen-bond acceptors (Lipinski definition) is 5. The number of rotatable bonds is 2. The highest BCUT2D eigenvalue weighted by Gasteiger charge is 2.36. The number of nitrogens with zero attached hydrogens (tertiary/aromatic N) is 3. The quantitative estimate of drug-likeness (QED) is 0.863. The Bertz CT molecular complexity index is 520. The second-order valence-electron chi connectivity index (χ2n) is 5.28. The van der Waals surface area contributed by atoms with E-state index in [1.807, 2.05) is 4.90 Å². The van der Waals surface area contributed by atoms with Crippen LogP contribution in [0.15, 0.2) is 0 Å². The molecule has 0 spiro atoms. The Morgan fingerprint density at radius 2 is 1.89 bits per heavy atom. The number of carbonyl (C=O) groups is 1. The lowest BCUT2D eigenvalue weighted by molar-refractivity contribution is 0.0299. The molecule has 1 aromatic rings. The molecule has 0 amide bonds. The van der Waals surface area contributed by atoms with Crippen molar-refractivity contribution in [3.05, 3.63) is 16.8 Å². The Morgan fingerprint density at radius 3 is 2.47 bits per heavy atom. The van der Waals surface area contributed by atoms with E-state index in [9.17, 15) is 9.90 Å². The molecule has 2 aliphatic rings. The molecular weight excluding hydrogens is 246 g/mol. The number of aromatic nitrogens is 2. The van der Waals surface area contributed by atoms with Gasteiger partial charge in [0, 0.05) is 13.1 Å². The fraction of sp³-hybridized carbons (Fsp3) is 0.615. The molecule has 0 aliphatic carbocycles. The molecule has 1 aromatic heterocycles. The zero-order chi connectivity index (χ0) is 13.6. The third-order valence-electron chi connectivity index (χ3n) is 3.99. The molecule has 2 atom stereocenters. The van der Waals surface area contributed by atoms with Gasteiger partial charge < -0.3 is 14.7 Å². The van der Waals surface area contributed by atoms with Crippen molar-refractivity contribution in [3.8, 4) is 0 Å². The summed E-state index contributed by atoms with van der Waals surface area (Å²) in [7, 11) is 0. The first-order valence-electron chi connectivity index (χ1n) is 6.54. The van der Waals surface area contributed by atoms with Gasteiger partial charge in [-0.15, -0.1) is 5.10 Å². The lowest BCUT2D eigenvalue weighted by Crippen LogP contribution is -2.44. The van der Waals surface area contributed by atoms with E-state index in [1.54, 1.807) is 13.8 Å². The summed E-state index contributed by atoms with van der Waals surface area (Å²) in [5.41, 5.74) is 1.63. The van der Waals surface area contributed by atoms with Gasteiger partial charge in [0.15, 0.2) is 5.82 Å². The van der Waals surface area contributed by atoms with Crippen LogP contribution in [0, 0.1) is 13.8 Å². The van der Waals surface area contributed by atoms with E-state index in [0.717, 1.165) is 12.8 Å². The SMILES string of the molecule is Cc1nnc(N2CC3CCC(C2)O3)c(C(=O)O)c1C. The maximum Gasteiger partial charge on any atom is 0.339 e. The molecule has 102 valence electrons. The number of anilines is 1. The molecule has 1 N–H and O–H groups in total. The first-order valence-corrected chi connectivity index (χ1v) is 6.54. The van der Waals surface area contributed by atoms with Crippen LogP contribution in [0.25, 0.3) is 0 Å². The van der Waals surface area contributed by atoms with Crippen molar-refractivity contribution in [2.24, 2.45) is 0 Å². The predicted octanol–water partition coefficient (Wildman–Crippen LogP) is 1.16. The Morgan fingerprint density at radius 1 is 1.26 bits per heavy atom. The van der Waals surface area contributed by atoms with Crippen molar-refractivity contribution < 1.29 is 14.6 Å². The maximum absolute atomic E-state index is 11.5. The second-order valence-corrected chi connectivity index (χ2v) is 5.28. The molecule has 6 heteroatoms. The monoisotopic (exact) mass is 263 g/mol. The minimum atomic E-state index is -0.940. The molecule has 2 bridgehead atoms. The van der Waals surface area contributed by atoms with Gasteiger partial charge in [-0.25, -0.2) is 4.79 Å². The van der Waals surface area contributed by atoms with Gasteiger partial charge >= 0.3 is 5.97 Å². The highest BCUT2D eigenvalue weighted by atomic mass is 16.5. The molecule has 3 heterocycles. The number of carboxylic acid groups (broad SMARTS) is 1. The summed E-state index contributed by atoms with van der Waals surface area (Å²) in [4.78, 5) is 13.5. The van der Waals surface area contributed by atoms with Crippen LogP contribution < -0.4 is 4.90 Å². The molecular formula is C13H17N3O3. The average Bonchev–Trinajstić information content (AvgIpc) is 2.71. The molecule has 2 fully saturated rings. The summed E-state index contributed by atoms with van der Waals surface area (Å²) in [5.74, 6) is -0.458. The number of fused-ring (bicyclic) bond motifs is 2. The van der Waals surface area contributed by atoms with Gasteiger partial charge in [0.25, 0.3) is 0 Å².